The molecule has 0 aromatic heterocycles. The van der Waals surface area contributed by atoms with Gasteiger partial charge in [-0.2, -0.15) is 0 Å². The van der Waals surface area contributed by atoms with Crippen molar-refractivity contribution >= 4 is 28.0 Å². The van der Waals surface area contributed by atoms with Gasteiger partial charge in [-0.3, -0.25) is 0 Å². The molecular formula is C13H17ClFNS. The first-order valence-corrected chi connectivity index (χ1v) is 7.21. The summed E-state index contributed by atoms with van der Waals surface area (Å²) in [6.07, 6.45) is 2.02. The van der Waals surface area contributed by atoms with Gasteiger partial charge in [-0.05, 0) is 18.4 Å². The molecule has 0 saturated carbocycles. The van der Waals surface area contributed by atoms with Gasteiger partial charge in [0.15, 0.2) is 5.82 Å². The molecule has 1 aromatic carbocycles. The van der Waals surface area contributed by atoms with Gasteiger partial charge < -0.3 is 0 Å². The van der Waals surface area contributed by atoms with Crippen LogP contribution in [0.4, 0.5) is 4.39 Å². The van der Waals surface area contributed by atoms with Crippen LogP contribution in [0.2, 0.25) is 5.02 Å². The summed E-state index contributed by atoms with van der Waals surface area (Å²) in [5, 5.41) is 0.102. The topological polar surface area (TPSA) is 12.4 Å². The zero-order chi connectivity index (χ0) is 13.2. The Bertz CT molecular complexity index is 475. The Hall–Kier alpha value is -0.670. The summed E-state index contributed by atoms with van der Waals surface area (Å²) in [6.45, 7) is 10.1. The third kappa shape index (κ3) is 3.65. The van der Waals surface area contributed by atoms with Crippen LogP contribution in [-0.2, 0) is 10.7 Å². The third-order valence-electron chi connectivity index (χ3n) is 2.40. The number of hydrogen-bond acceptors (Lipinski definition) is 1. The van der Waals surface area contributed by atoms with Gasteiger partial charge in [-0.15, -0.1) is 0 Å². The fraction of sp³-hybridized carbons (Fsp3) is 0.385. The predicted octanol–water partition coefficient (Wildman–Crippen LogP) is 4.68. The van der Waals surface area contributed by atoms with E-state index in [9.17, 15) is 4.39 Å². The quantitative estimate of drug-likeness (QED) is 0.742. The van der Waals surface area contributed by atoms with E-state index in [0.29, 0.717) is 11.3 Å². The molecule has 0 bridgehead atoms. The van der Waals surface area contributed by atoms with E-state index in [2.05, 4.69) is 31.7 Å². The van der Waals surface area contributed by atoms with E-state index in [4.69, 9.17) is 11.6 Å². The van der Waals surface area contributed by atoms with Gasteiger partial charge in [0.2, 0.25) is 0 Å². The minimum atomic E-state index is -0.450. The van der Waals surface area contributed by atoms with Crippen molar-refractivity contribution in [2.75, 3.05) is 6.26 Å². The number of hydrogen-bond donors (Lipinski definition) is 0. The molecule has 4 heteroatoms. The van der Waals surface area contributed by atoms with Crippen molar-refractivity contribution in [2.24, 2.45) is 4.36 Å². The lowest BCUT2D eigenvalue weighted by Crippen LogP contribution is -2.20. The molecule has 0 N–H and O–H groups in total. The number of benzene rings is 1. The van der Waals surface area contributed by atoms with E-state index >= 15 is 0 Å². The fourth-order valence-electron chi connectivity index (χ4n) is 1.08. The van der Waals surface area contributed by atoms with E-state index in [1.165, 1.54) is 6.07 Å². The number of halogens is 2. The van der Waals surface area contributed by atoms with Crippen molar-refractivity contribution < 1.29 is 4.39 Å². The molecule has 0 saturated heterocycles. The molecule has 1 aromatic rings. The average molecular weight is 274 g/mol. The molecule has 0 radical (unpaired) electrons. The van der Waals surface area contributed by atoms with E-state index in [1.807, 2.05) is 6.26 Å². The first-order chi connectivity index (χ1) is 7.73. The second kappa shape index (κ2) is 5.32. The van der Waals surface area contributed by atoms with Crippen LogP contribution in [0.5, 0.6) is 0 Å². The maximum Gasteiger partial charge on any atom is 0.151 e. The average Bonchev–Trinajstić information content (AvgIpc) is 2.20. The van der Waals surface area contributed by atoms with Gasteiger partial charge in [-0.1, -0.05) is 55.7 Å². The summed E-state index contributed by atoms with van der Waals surface area (Å²) >= 11 is 5.73. The summed E-state index contributed by atoms with van der Waals surface area (Å²) in [6, 6.07) is 4.86. The summed E-state index contributed by atoms with van der Waals surface area (Å²) in [5.74, 6) is -0.450. The summed E-state index contributed by atoms with van der Waals surface area (Å²) < 4.78 is 18.3. The first kappa shape index (κ1) is 14.4. The second-order valence-electron chi connectivity index (χ2n) is 4.73. The van der Waals surface area contributed by atoms with Crippen LogP contribution in [-0.4, -0.2) is 11.0 Å². The number of rotatable bonds is 2. The molecule has 0 aliphatic rings. The standard InChI is InChI=1S/C13H17ClFNS/c1-9(16-17(5)13(2,3)4)10-7-6-8-11(14)12(10)15/h6-8H,1H2,2-5H3. The first-order valence-electron chi connectivity index (χ1n) is 5.24. The van der Waals surface area contributed by atoms with Gasteiger partial charge in [-0.25, -0.2) is 8.75 Å². The van der Waals surface area contributed by atoms with Gasteiger partial charge >= 0.3 is 0 Å². The summed E-state index contributed by atoms with van der Waals surface area (Å²) in [7, 11) is -0.217. The van der Waals surface area contributed by atoms with Gasteiger partial charge in [0.25, 0.3) is 0 Å². The van der Waals surface area contributed by atoms with E-state index in [0.717, 1.165) is 0 Å². The smallest absolute Gasteiger partial charge is 0.151 e. The second-order valence-corrected chi connectivity index (χ2v) is 7.50. The van der Waals surface area contributed by atoms with E-state index in [1.54, 1.807) is 12.1 Å². The van der Waals surface area contributed by atoms with Crippen molar-refractivity contribution in [1.29, 1.82) is 0 Å². The summed E-state index contributed by atoms with van der Waals surface area (Å²) in [4.78, 5) is 0. The Morgan fingerprint density at radius 1 is 1.41 bits per heavy atom. The zero-order valence-corrected chi connectivity index (χ0v) is 12.1. The largest absolute Gasteiger partial charge is 0.228 e. The Labute approximate surface area is 110 Å². The van der Waals surface area contributed by atoms with Gasteiger partial charge in [0.1, 0.15) is 0 Å². The molecule has 1 unspecified atom stereocenters. The van der Waals surface area contributed by atoms with Crippen LogP contribution < -0.4 is 0 Å². The van der Waals surface area contributed by atoms with Crippen molar-refractivity contribution in [1.82, 2.24) is 0 Å². The molecule has 0 aliphatic heterocycles. The summed E-state index contributed by atoms with van der Waals surface area (Å²) in [5.41, 5.74) is 0.826. The highest BCUT2D eigenvalue weighted by molar-refractivity contribution is 7.88. The minimum absolute atomic E-state index is 0.0536. The van der Waals surface area contributed by atoms with Crippen LogP contribution in [0, 0.1) is 5.82 Å². The third-order valence-corrected chi connectivity index (χ3v) is 4.95. The van der Waals surface area contributed by atoms with Crippen LogP contribution in [0.1, 0.15) is 26.3 Å². The Morgan fingerprint density at radius 3 is 2.53 bits per heavy atom. The van der Waals surface area contributed by atoms with Crippen molar-refractivity contribution in [2.45, 2.75) is 25.5 Å². The van der Waals surface area contributed by atoms with Gasteiger partial charge in [0, 0.05) is 10.3 Å². The molecule has 0 amide bonds. The highest BCUT2D eigenvalue weighted by Gasteiger charge is 2.15. The Kier molecular flexibility index (Phi) is 4.50. The molecule has 1 nitrogen and oxygen atoms in total. The highest BCUT2D eigenvalue weighted by atomic mass is 35.5. The van der Waals surface area contributed by atoms with Crippen LogP contribution in [0.25, 0.3) is 5.70 Å². The molecule has 0 aliphatic carbocycles. The Morgan fingerprint density at radius 2 is 2.00 bits per heavy atom. The highest BCUT2D eigenvalue weighted by Crippen LogP contribution is 2.25. The monoisotopic (exact) mass is 273 g/mol. The molecule has 1 atom stereocenters. The fourth-order valence-corrected chi connectivity index (χ4v) is 1.96. The SMILES string of the molecule is C=C(N=S(C)C(C)(C)C)c1cccc(Cl)c1F. The molecule has 17 heavy (non-hydrogen) atoms. The van der Waals surface area contributed by atoms with Crippen molar-refractivity contribution in [3.8, 4) is 0 Å². The van der Waals surface area contributed by atoms with Crippen LogP contribution in [0.3, 0.4) is 0 Å². The predicted molar refractivity (Wildman–Crippen MR) is 75.9 cm³/mol. The normalized spacial score (nSPS) is 13.8. The van der Waals surface area contributed by atoms with Crippen molar-refractivity contribution in [3.63, 3.8) is 0 Å². The molecule has 0 spiro atoms. The lowest BCUT2D eigenvalue weighted by atomic mass is 10.2. The molecule has 0 heterocycles. The van der Waals surface area contributed by atoms with Gasteiger partial charge in [0.05, 0.1) is 10.7 Å². The number of nitrogens with zero attached hydrogens (tertiary/aromatic N) is 1. The molecule has 0 fully saturated rings. The van der Waals surface area contributed by atoms with E-state index in [-0.39, 0.29) is 20.5 Å². The maximum absolute atomic E-state index is 13.7. The Balaban J connectivity index is 3.11. The van der Waals surface area contributed by atoms with Crippen LogP contribution in [0.15, 0.2) is 29.1 Å². The van der Waals surface area contributed by atoms with E-state index < -0.39 is 5.82 Å². The molecule has 94 valence electrons. The maximum atomic E-state index is 13.7. The lowest BCUT2D eigenvalue weighted by Gasteiger charge is -2.19. The van der Waals surface area contributed by atoms with Crippen LogP contribution >= 0.6 is 11.6 Å². The minimum Gasteiger partial charge on any atom is -0.228 e. The lowest BCUT2D eigenvalue weighted by molar-refractivity contribution is 0.624. The molecular weight excluding hydrogens is 257 g/mol. The van der Waals surface area contributed by atoms with Crippen molar-refractivity contribution in [3.05, 3.63) is 41.2 Å². The zero-order valence-electron chi connectivity index (χ0n) is 10.6. The molecule has 1 rings (SSSR count).